The zero-order valence-electron chi connectivity index (χ0n) is 15.9. The highest BCUT2D eigenvalue weighted by Crippen LogP contribution is 2.27. The first-order chi connectivity index (χ1) is 13.5. The van der Waals surface area contributed by atoms with Gasteiger partial charge in [0.15, 0.2) is 0 Å². The van der Waals surface area contributed by atoms with Gasteiger partial charge in [0.2, 0.25) is 10.0 Å². The van der Waals surface area contributed by atoms with Crippen molar-refractivity contribution in [1.29, 1.82) is 0 Å². The van der Waals surface area contributed by atoms with Crippen LogP contribution in [0.1, 0.15) is 24.0 Å². The molecule has 0 spiro atoms. The average molecular weight is 397 g/mol. The Morgan fingerprint density at radius 3 is 2.61 bits per heavy atom. The third kappa shape index (κ3) is 4.18. The first-order valence-corrected chi connectivity index (χ1v) is 11.2. The maximum atomic E-state index is 12.8. The molecule has 0 atom stereocenters. The zero-order chi connectivity index (χ0) is 19.6. The predicted octanol–water partition coefficient (Wildman–Crippen LogP) is 3.92. The van der Waals surface area contributed by atoms with Gasteiger partial charge in [0.25, 0.3) is 0 Å². The number of para-hydroxylation sites is 1. The highest BCUT2D eigenvalue weighted by Gasteiger charge is 2.29. The number of aromatic nitrogens is 1. The van der Waals surface area contributed by atoms with Crippen molar-refractivity contribution in [2.24, 2.45) is 0 Å². The summed E-state index contributed by atoms with van der Waals surface area (Å²) < 4.78 is 33.3. The van der Waals surface area contributed by atoms with E-state index in [9.17, 15) is 8.42 Å². The van der Waals surface area contributed by atoms with E-state index in [1.807, 2.05) is 61.5 Å². The lowest BCUT2D eigenvalue weighted by Crippen LogP contribution is -2.42. The van der Waals surface area contributed by atoms with Crippen LogP contribution in [-0.2, 0) is 15.8 Å². The Labute approximate surface area is 166 Å². The molecule has 0 aliphatic carbocycles. The average Bonchev–Trinajstić information content (AvgIpc) is 2.68. The number of benzene rings is 2. The van der Waals surface area contributed by atoms with Gasteiger partial charge in [0, 0.05) is 24.7 Å². The van der Waals surface area contributed by atoms with E-state index >= 15 is 0 Å². The van der Waals surface area contributed by atoms with Gasteiger partial charge in [0.05, 0.1) is 5.75 Å². The Morgan fingerprint density at radius 2 is 1.82 bits per heavy atom. The number of aryl methyl sites for hydroxylation is 1. The number of hydrogen-bond acceptors (Lipinski definition) is 4. The van der Waals surface area contributed by atoms with E-state index < -0.39 is 10.0 Å². The van der Waals surface area contributed by atoms with E-state index in [2.05, 4.69) is 4.98 Å². The molecule has 2 heterocycles. The Bertz CT molecular complexity index is 1070. The van der Waals surface area contributed by atoms with Crippen molar-refractivity contribution in [3.63, 3.8) is 0 Å². The Hall–Kier alpha value is -2.44. The van der Waals surface area contributed by atoms with Crippen molar-refractivity contribution < 1.29 is 13.2 Å². The lowest BCUT2D eigenvalue weighted by molar-refractivity contribution is 0.136. The second kappa shape index (κ2) is 7.89. The van der Waals surface area contributed by atoms with E-state index in [1.165, 1.54) is 0 Å². The molecule has 2 aromatic carbocycles. The first-order valence-electron chi connectivity index (χ1n) is 9.55. The van der Waals surface area contributed by atoms with Crippen molar-refractivity contribution in [1.82, 2.24) is 9.29 Å². The number of fused-ring (bicyclic) bond motifs is 1. The number of ether oxygens (including phenoxy) is 1. The number of rotatable bonds is 5. The molecule has 0 radical (unpaired) electrons. The SMILES string of the molecule is Cc1cccc(CS(=O)(=O)N2CCC(Oc3cccc4cccnc34)CC2)c1. The fourth-order valence-electron chi connectivity index (χ4n) is 3.68. The lowest BCUT2D eigenvalue weighted by atomic mass is 10.1. The van der Waals surface area contributed by atoms with Gasteiger partial charge in [-0.05, 0) is 37.5 Å². The summed E-state index contributed by atoms with van der Waals surface area (Å²) in [7, 11) is -3.32. The highest BCUT2D eigenvalue weighted by atomic mass is 32.2. The molecule has 0 saturated carbocycles. The molecule has 5 nitrogen and oxygen atoms in total. The molecule has 1 aliphatic rings. The van der Waals surface area contributed by atoms with Gasteiger partial charge < -0.3 is 4.74 Å². The topological polar surface area (TPSA) is 59.5 Å². The summed E-state index contributed by atoms with van der Waals surface area (Å²) in [6.45, 7) is 2.94. The molecule has 3 aromatic rings. The summed E-state index contributed by atoms with van der Waals surface area (Å²) in [6, 6.07) is 17.5. The normalized spacial score (nSPS) is 16.3. The number of sulfonamides is 1. The largest absolute Gasteiger partial charge is 0.488 e. The number of piperidine rings is 1. The Balaban J connectivity index is 1.40. The standard InChI is InChI=1S/C22H24N2O3S/c1-17-5-2-6-18(15-17)16-28(25,26)24-13-10-20(11-14-24)27-21-9-3-7-19-8-4-12-23-22(19)21/h2-9,12,15,20H,10-11,13-14,16H2,1H3. The van der Waals surface area contributed by atoms with Crippen LogP contribution in [0.4, 0.5) is 0 Å². The summed E-state index contributed by atoms with van der Waals surface area (Å²) >= 11 is 0. The van der Waals surface area contributed by atoms with E-state index in [0.717, 1.165) is 27.8 Å². The number of nitrogens with zero attached hydrogens (tertiary/aromatic N) is 2. The summed E-state index contributed by atoms with van der Waals surface area (Å²) in [4.78, 5) is 4.42. The van der Waals surface area contributed by atoms with E-state index in [1.54, 1.807) is 10.5 Å². The summed E-state index contributed by atoms with van der Waals surface area (Å²) in [5.41, 5.74) is 2.75. The Kier molecular flexibility index (Phi) is 5.33. The molecule has 6 heteroatoms. The molecule has 1 fully saturated rings. The minimum absolute atomic E-state index is 0.00183. The molecule has 0 N–H and O–H groups in total. The molecule has 1 saturated heterocycles. The fraction of sp³-hybridized carbons (Fsp3) is 0.318. The van der Waals surface area contributed by atoms with Crippen LogP contribution < -0.4 is 4.74 Å². The maximum Gasteiger partial charge on any atom is 0.218 e. The second-order valence-electron chi connectivity index (χ2n) is 7.29. The third-order valence-electron chi connectivity index (χ3n) is 5.12. The van der Waals surface area contributed by atoms with Gasteiger partial charge in [-0.1, -0.05) is 48.0 Å². The number of hydrogen-bond donors (Lipinski definition) is 0. The van der Waals surface area contributed by atoms with E-state index in [4.69, 9.17) is 4.74 Å². The molecule has 146 valence electrons. The minimum atomic E-state index is -3.32. The van der Waals surface area contributed by atoms with Gasteiger partial charge >= 0.3 is 0 Å². The van der Waals surface area contributed by atoms with Crippen LogP contribution in [-0.4, -0.2) is 36.9 Å². The maximum absolute atomic E-state index is 12.8. The van der Waals surface area contributed by atoms with Crippen LogP contribution in [0.25, 0.3) is 10.9 Å². The molecular formula is C22H24N2O3S. The van der Waals surface area contributed by atoms with Crippen molar-refractivity contribution in [3.05, 3.63) is 71.9 Å². The van der Waals surface area contributed by atoms with Crippen LogP contribution in [0.3, 0.4) is 0 Å². The van der Waals surface area contributed by atoms with Crippen molar-refractivity contribution in [2.45, 2.75) is 31.6 Å². The monoisotopic (exact) mass is 396 g/mol. The molecule has 28 heavy (non-hydrogen) atoms. The molecule has 1 aliphatic heterocycles. The van der Waals surface area contributed by atoms with E-state index in [0.29, 0.717) is 25.9 Å². The van der Waals surface area contributed by atoms with Crippen LogP contribution >= 0.6 is 0 Å². The molecule has 0 bridgehead atoms. The lowest BCUT2D eigenvalue weighted by Gasteiger charge is -2.31. The minimum Gasteiger partial charge on any atom is -0.488 e. The fourth-order valence-corrected chi connectivity index (χ4v) is 5.23. The number of pyridine rings is 1. The zero-order valence-corrected chi connectivity index (χ0v) is 16.7. The van der Waals surface area contributed by atoms with Gasteiger partial charge in [-0.15, -0.1) is 0 Å². The van der Waals surface area contributed by atoms with Crippen LogP contribution in [0.2, 0.25) is 0 Å². The van der Waals surface area contributed by atoms with Crippen LogP contribution in [0.5, 0.6) is 5.75 Å². The molecule has 1 aromatic heterocycles. The van der Waals surface area contributed by atoms with Gasteiger partial charge in [-0.25, -0.2) is 12.7 Å². The summed E-state index contributed by atoms with van der Waals surface area (Å²) in [5, 5.41) is 1.04. The molecular weight excluding hydrogens is 372 g/mol. The Morgan fingerprint density at radius 1 is 1.07 bits per heavy atom. The summed E-state index contributed by atoms with van der Waals surface area (Å²) in [6.07, 6.45) is 3.11. The third-order valence-corrected chi connectivity index (χ3v) is 6.97. The molecule has 0 unspecified atom stereocenters. The van der Waals surface area contributed by atoms with Crippen LogP contribution in [0.15, 0.2) is 60.8 Å². The smallest absolute Gasteiger partial charge is 0.218 e. The van der Waals surface area contributed by atoms with Gasteiger partial charge in [0.1, 0.15) is 17.4 Å². The predicted molar refractivity (Wildman–Crippen MR) is 111 cm³/mol. The van der Waals surface area contributed by atoms with Gasteiger partial charge in [-0.3, -0.25) is 4.98 Å². The summed E-state index contributed by atoms with van der Waals surface area (Å²) in [5.74, 6) is 0.812. The van der Waals surface area contributed by atoms with E-state index in [-0.39, 0.29) is 11.9 Å². The van der Waals surface area contributed by atoms with Crippen molar-refractivity contribution in [3.8, 4) is 5.75 Å². The quantitative estimate of drug-likeness (QED) is 0.656. The molecule has 0 amide bonds. The van der Waals surface area contributed by atoms with Gasteiger partial charge in [-0.2, -0.15) is 0 Å². The first kappa shape index (κ1) is 18.9. The molecule has 4 rings (SSSR count). The van der Waals surface area contributed by atoms with Crippen molar-refractivity contribution >= 4 is 20.9 Å². The van der Waals surface area contributed by atoms with Crippen molar-refractivity contribution in [2.75, 3.05) is 13.1 Å². The van der Waals surface area contributed by atoms with Crippen LogP contribution in [0, 0.1) is 6.92 Å². The highest BCUT2D eigenvalue weighted by molar-refractivity contribution is 7.88. The second-order valence-corrected chi connectivity index (χ2v) is 9.26.